The molecule has 1 atom stereocenters. The van der Waals surface area contributed by atoms with Crippen molar-refractivity contribution in [3.05, 3.63) is 51.2 Å². The molecule has 0 radical (unpaired) electrons. The molecule has 1 heterocycles. The molecule has 3 rings (SSSR count). The molecule has 1 unspecified atom stereocenters. The number of aryl methyl sites for hydroxylation is 2. The second kappa shape index (κ2) is 5.98. The van der Waals surface area contributed by atoms with Crippen LogP contribution in [0.25, 0.3) is 0 Å². The topological polar surface area (TPSA) is 35.2 Å². The Kier molecular flexibility index (Phi) is 4.08. The van der Waals surface area contributed by atoms with Gasteiger partial charge in [-0.2, -0.15) is 0 Å². The fraction of sp³-hybridized carbons (Fsp3) is 0.412. The molecule has 1 aromatic heterocycles. The minimum Gasteiger partial charge on any atom is -0.497 e. The van der Waals surface area contributed by atoms with Crippen molar-refractivity contribution in [3.8, 4) is 5.75 Å². The van der Waals surface area contributed by atoms with Crippen LogP contribution in [-0.4, -0.2) is 7.11 Å². The second-order valence-corrected chi connectivity index (χ2v) is 6.58. The lowest BCUT2D eigenvalue weighted by Gasteiger charge is -2.11. The Bertz CT molecular complexity index is 567. The molecule has 0 amide bonds. The van der Waals surface area contributed by atoms with E-state index < -0.39 is 0 Å². The lowest BCUT2D eigenvalue weighted by atomic mass is 10.0. The quantitative estimate of drug-likeness (QED) is 0.864. The smallest absolute Gasteiger partial charge is 0.119 e. The molecule has 1 aromatic carbocycles. The summed E-state index contributed by atoms with van der Waals surface area (Å²) in [6, 6.07) is 10.4. The summed E-state index contributed by atoms with van der Waals surface area (Å²) in [5.41, 5.74) is 9.10. The van der Waals surface area contributed by atoms with Gasteiger partial charge in [0.1, 0.15) is 5.75 Å². The van der Waals surface area contributed by atoms with Crippen molar-refractivity contribution in [3.63, 3.8) is 0 Å². The molecule has 106 valence electrons. The highest BCUT2D eigenvalue weighted by molar-refractivity contribution is 7.12. The summed E-state index contributed by atoms with van der Waals surface area (Å²) in [6.07, 6.45) is 6.44. The molecule has 0 fully saturated rings. The second-order valence-electron chi connectivity index (χ2n) is 5.41. The fourth-order valence-electron chi connectivity index (χ4n) is 2.84. The molecule has 3 heteroatoms. The highest BCUT2D eigenvalue weighted by atomic mass is 32.1. The van der Waals surface area contributed by atoms with E-state index in [0.29, 0.717) is 0 Å². The highest BCUT2D eigenvalue weighted by Crippen LogP contribution is 2.34. The molecule has 1 aliphatic carbocycles. The van der Waals surface area contributed by atoms with Gasteiger partial charge in [0.25, 0.3) is 0 Å². The molecule has 2 N–H and O–H groups in total. The number of rotatable bonds is 3. The summed E-state index contributed by atoms with van der Waals surface area (Å²) in [5, 5.41) is 0. The third-order valence-electron chi connectivity index (χ3n) is 4.03. The van der Waals surface area contributed by atoms with E-state index in [1.165, 1.54) is 42.5 Å². The molecular formula is C17H21NOS. The van der Waals surface area contributed by atoms with Gasteiger partial charge in [0.2, 0.25) is 0 Å². The Morgan fingerprint density at radius 3 is 2.85 bits per heavy atom. The molecule has 0 bridgehead atoms. The van der Waals surface area contributed by atoms with E-state index in [2.05, 4.69) is 12.1 Å². The lowest BCUT2D eigenvalue weighted by molar-refractivity contribution is 0.414. The van der Waals surface area contributed by atoms with Crippen molar-refractivity contribution in [1.82, 2.24) is 0 Å². The summed E-state index contributed by atoms with van der Waals surface area (Å²) in [6.45, 7) is 0. The molecule has 0 saturated heterocycles. The molecule has 0 aliphatic heterocycles. The number of hydrogen-bond donors (Lipinski definition) is 1. The van der Waals surface area contributed by atoms with E-state index in [0.717, 1.165) is 11.3 Å². The van der Waals surface area contributed by atoms with Crippen LogP contribution in [0.1, 0.15) is 46.2 Å². The van der Waals surface area contributed by atoms with E-state index in [9.17, 15) is 0 Å². The number of ether oxygens (including phenoxy) is 1. The molecule has 2 aromatic rings. The van der Waals surface area contributed by atoms with Crippen LogP contribution in [0.15, 0.2) is 30.3 Å². The van der Waals surface area contributed by atoms with Gasteiger partial charge in [0.05, 0.1) is 13.2 Å². The fourth-order valence-corrected chi connectivity index (χ4v) is 4.13. The van der Waals surface area contributed by atoms with Crippen LogP contribution in [-0.2, 0) is 12.8 Å². The predicted molar refractivity (Wildman–Crippen MR) is 84.6 cm³/mol. The average Bonchev–Trinajstić information content (AvgIpc) is 2.77. The SMILES string of the molecule is COc1cccc(C(N)c2cc3c(s2)CCCCC3)c1. The van der Waals surface area contributed by atoms with Crippen molar-refractivity contribution in [2.45, 2.75) is 38.1 Å². The largest absolute Gasteiger partial charge is 0.497 e. The van der Waals surface area contributed by atoms with Crippen LogP contribution in [0.4, 0.5) is 0 Å². The van der Waals surface area contributed by atoms with Crippen molar-refractivity contribution in [2.24, 2.45) is 5.73 Å². The zero-order chi connectivity index (χ0) is 13.9. The molecule has 2 nitrogen and oxygen atoms in total. The van der Waals surface area contributed by atoms with Gasteiger partial charge in [-0.05, 0) is 55.0 Å². The minimum atomic E-state index is -0.0398. The number of benzene rings is 1. The average molecular weight is 287 g/mol. The lowest BCUT2D eigenvalue weighted by Crippen LogP contribution is -2.10. The van der Waals surface area contributed by atoms with Crippen molar-refractivity contribution in [1.29, 1.82) is 0 Å². The first kappa shape index (κ1) is 13.7. The first-order chi connectivity index (χ1) is 9.78. The number of fused-ring (bicyclic) bond motifs is 1. The van der Waals surface area contributed by atoms with E-state index >= 15 is 0 Å². The van der Waals surface area contributed by atoms with Gasteiger partial charge in [-0.3, -0.25) is 0 Å². The molecule has 1 aliphatic rings. The van der Waals surface area contributed by atoms with Crippen LogP contribution in [0.3, 0.4) is 0 Å². The molecule has 0 saturated carbocycles. The number of thiophene rings is 1. The molecule has 0 spiro atoms. The van der Waals surface area contributed by atoms with E-state index in [4.69, 9.17) is 10.5 Å². The Balaban J connectivity index is 1.88. The van der Waals surface area contributed by atoms with Crippen LogP contribution in [0, 0.1) is 0 Å². The zero-order valence-corrected chi connectivity index (χ0v) is 12.7. The van der Waals surface area contributed by atoms with Crippen LogP contribution in [0.2, 0.25) is 0 Å². The third kappa shape index (κ3) is 2.74. The van der Waals surface area contributed by atoms with Crippen LogP contribution >= 0.6 is 11.3 Å². The maximum absolute atomic E-state index is 6.45. The number of nitrogens with two attached hydrogens (primary N) is 1. The van der Waals surface area contributed by atoms with Crippen molar-refractivity contribution < 1.29 is 4.74 Å². The van der Waals surface area contributed by atoms with Crippen LogP contribution < -0.4 is 10.5 Å². The first-order valence-corrected chi connectivity index (χ1v) is 8.10. The Labute approximate surface area is 124 Å². The van der Waals surface area contributed by atoms with E-state index in [1.54, 1.807) is 12.0 Å². The van der Waals surface area contributed by atoms with Crippen molar-refractivity contribution >= 4 is 11.3 Å². The normalized spacial score (nSPS) is 16.3. The Morgan fingerprint density at radius 1 is 1.15 bits per heavy atom. The molecular weight excluding hydrogens is 266 g/mol. The summed E-state index contributed by atoms with van der Waals surface area (Å²) in [4.78, 5) is 2.83. The van der Waals surface area contributed by atoms with Gasteiger partial charge < -0.3 is 10.5 Å². The summed E-state index contributed by atoms with van der Waals surface area (Å²) >= 11 is 1.90. The first-order valence-electron chi connectivity index (χ1n) is 7.29. The zero-order valence-electron chi connectivity index (χ0n) is 11.9. The summed E-state index contributed by atoms with van der Waals surface area (Å²) in [5.74, 6) is 0.871. The predicted octanol–water partition coefficient (Wildman–Crippen LogP) is 4.07. The number of methoxy groups -OCH3 is 1. The molecule has 20 heavy (non-hydrogen) atoms. The van der Waals surface area contributed by atoms with Gasteiger partial charge in [-0.15, -0.1) is 11.3 Å². The van der Waals surface area contributed by atoms with E-state index in [-0.39, 0.29) is 6.04 Å². The van der Waals surface area contributed by atoms with Gasteiger partial charge >= 0.3 is 0 Å². The third-order valence-corrected chi connectivity index (χ3v) is 5.35. The van der Waals surface area contributed by atoms with Crippen LogP contribution in [0.5, 0.6) is 5.75 Å². The summed E-state index contributed by atoms with van der Waals surface area (Å²) in [7, 11) is 1.69. The maximum Gasteiger partial charge on any atom is 0.119 e. The maximum atomic E-state index is 6.45. The van der Waals surface area contributed by atoms with Gasteiger partial charge in [0, 0.05) is 9.75 Å². The summed E-state index contributed by atoms with van der Waals surface area (Å²) < 4.78 is 5.29. The highest BCUT2D eigenvalue weighted by Gasteiger charge is 2.17. The minimum absolute atomic E-state index is 0.0398. The van der Waals surface area contributed by atoms with E-state index in [1.807, 2.05) is 29.5 Å². The van der Waals surface area contributed by atoms with Gasteiger partial charge in [-0.25, -0.2) is 0 Å². The monoisotopic (exact) mass is 287 g/mol. The number of hydrogen-bond acceptors (Lipinski definition) is 3. The van der Waals surface area contributed by atoms with Gasteiger partial charge in [0.15, 0.2) is 0 Å². The Hall–Kier alpha value is -1.32. The standard InChI is InChI=1S/C17H21NOS/c1-19-14-8-5-7-13(10-14)17(18)16-11-12-6-3-2-4-9-15(12)20-16/h5,7-8,10-11,17H,2-4,6,9,18H2,1H3. The Morgan fingerprint density at radius 2 is 2.00 bits per heavy atom. The van der Waals surface area contributed by atoms with Crippen molar-refractivity contribution in [2.75, 3.05) is 7.11 Å². The van der Waals surface area contributed by atoms with Gasteiger partial charge in [-0.1, -0.05) is 18.6 Å².